The number of fused-ring (bicyclic) bond motifs is 5. The van der Waals surface area contributed by atoms with E-state index in [1.807, 2.05) is 30.3 Å². The van der Waals surface area contributed by atoms with Crippen LogP contribution in [0.25, 0.3) is 6.08 Å². The number of Topliss-reactive ketones (excluding diaryl/α,β-unsaturated/α-hetero) is 1. The molecule has 4 aliphatic carbocycles. The number of allylic oxidation sites excluding steroid dienone is 3. The third kappa shape index (κ3) is 4.78. The summed E-state index contributed by atoms with van der Waals surface area (Å²) in [6, 6.07) is 7.67. The zero-order chi connectivity index (χ0) is 31.0. The van der Waals surface area contributed by atoms with Gasteiger partial charge in [0.1, 0.15) is 0 Å². The van der Waals surface area contributed by atoms with Crippen molar-refractivity contribution >= 4 is 23.5 Å². The van der Waals surface area contributed by atoms with Crippen LogP contribution in [0.4, 0.5) is 0 Å². The second-order valence-electron chi connectivity index (χ2n) is 16.2. The van der Waals surface area contributed by atoms with Gasteiger partial charge in [0.05, 0.1) is 17.8 Å². The Morgan fingerprint density at radius 1 is 1.07 bits per heavy atom. The minimum atomic E-state index is -1.10. The standard InChI is InChI=1S/C37H53ClO4/c1-22(9-16-30(39)34(4,5)42)26-17-18-35(6)29-15-14-27-28(37(29,8)31(40)21-36(26,35)7)20-24(32(41)33(27,2)3)19-23-10-12-25(38)13-11-23/h10-14,19,22,26,28-31,39-40,42H,9,15-18,20-21H2,1-8H3/b24-19+/t22-,26-,28-,29+,30-,31-,35+,36-,37+/m1/s1. The molecule has 3 saturated carbocycles. The van der Waals surface area contributed by atoms with Crippen LogP contribution in [-0.2, 0) is 4.79 Å². The van der Waals surface area contributed by atoms with Crippen molar-refractivity contribution in [1.82, 2.24) is 0 Å². The van der Waals surface area contributed by atoms with Gasteiger partial charge in [-0.15, -0.1) is 0 Å². The van der Waals surface area contributed by atoms with Crippen molar-refractivity contribution < 1.29 is 20.1 Å². The van der Waals surface area contributed by atoms with Crippen LogP contribution in [0.2, 0.25) is 5.02 Å². The Bertz CT molecular complexity index is 1270. The highest BCUT2D eigenvalue weighted by Crippen LogP contribution is 2.75. The number of ketones is 1. The fourth-order valence-electron chi connectivity index (χ4n) is 10.3. The van der Waals surface area contributed by atoms with Gasteiger partial charge in [0.25, 0.3) is 0 Å². The molecule has 0 radical (unpaired) electrons. The minimum absolute atomic E-state index is 0.0248. The van der Waals surface area contributed by atoms with E-state index >= 15 is 0 Å². The van der Waals surface area contributed by atoms with Crippen LogP contribution in [0.1, 0.15) is 106 Å². The molecule has 0 bridgehead atoms. The first-order chi connectivity index (χ1) is 19.4. The highest BCUT2D eigenvalue weighted by atomic mass is 35.5. The first-order valence-electron chi connectivity index (χ1n) is 16.2. The molecule has 0 unspecified atom stereocenters. The Labute approximate surface area is 258 Å². The van der Waals surface area contributed by atoms with Crippen LogP contribution in [0.15, 0.2) is 41.5 Å². The summed E-state index contributed by atoms with van der Waals surface area (Å²) < 4.78 is 0. The average Bonchev–Trinajstić information content (AvgIpc) is 3.17. The zero-order valence-electron chi connectivity index (χ0n) is 27.0. The van der Waals surface area contributed by atoms with Gasteiger partial charge in [-0.2, -0.15) is 0 Å². The monoisotopic (exact) mass is 596 g/mol. The molecule has 1 aromatic carbocycles. The Balaban J connectivity index is 1.48. The van der Waals surface area contributed by atoms with Gasteiger partial charge in [-0.25, -0.2) is 0 Å². The first kappa shape index (κ1) is 31.9. The topological polar surface area (TPSA) is 77.8 Å². The van der Waals surface area contributed by atoms with Crippen molar-refractivity contribution in [2.45, 2.75) is 118 Å². The molecule has 1 aromatic rings. The quantitative estimate of drug-likeness (QED) is 0.229. The maximum atomic E-state index is 13.9. The second kappa shape index (κ2) is 10.6. The third-order valence-electron chi connectivity index (χ3n) is 13.3. The Kier molecular flexibility index (Phi) is 8.04. The van der Waals surface area contributed by atoms with E-state index in [9.17, 15) is 20.1 Å². The number of carbonyl (C=O) groups excluding carboxylic acids is 1. The zero-order valence-corrected chi connectivity index (χ0v) is 27.8. The molecule has 0 saturated heterocycles. The molecular weight excluding hydrogens is 544 g/mol. The molecule has 232 valence electrons. The van der Waals surface area contributed by atoms with E-state index in [1.54, 1.807) is 13.8 Å². The molecule has 5 rings (SSSR count). The van der Waals surface area contributed by atoms with Crippen LogP contribution in [0, 0.1) is 45.3 Å². The molecule has 4 nitrogen and oxygen atoms in total. The van der Waals surface area contributed by atoms with Crippen LogP contribution in [0.5, 0.6) is 0 Å². The number of aliphatic hydroxyl groups is 3. The number of halogens is 1. The van der Waals surface area contributed by atoms with E-state index in [0.717, 1.165) is 43.2 Å². The van der Waals surface area contributed by atoms with E-state index in [0.29, 0.717) is 35.6 Å². The predicted molar refractivity (Wildman–Crippen MR) is 171 cm³/mol. The number of hydrogen-bond acceptors (Lipinski definition) is 4. The number of aliphatic hydroxyl groups excluding tert-OH is 2. The molecule has 0 heterocycles. The summed E-state index contributed by atoms with van der Waals surface area (Å²) in [4.78, 5) is 13.9. The summed E-state index contributed by atoms with van der Waals surface area (Å²) in [5.41, 5.74) is 1.05. The van der Waals surface area contributed by atoms with Gasteiger partial charge in [-0.05, 0) is 136 Å². The van der Waals surface area contributed by atoms with E-state index in [2.05, 4.69) is 47.6 Å². The normalized spacial score (nSPS) is 40.1. The minimum Gasteiger partial charge on any atom is -0.393 e. The molecule has 0 spiro atoms. The molecule has 0 aromatic heterocycles. The van der Waals surface area contributed by atoms with Gasteiger partial charge in [-0.3, -0.25) is 4.79 Å². The van der Waals surface area contributed by atoms with E-state index in [-0.39, 0.29) is 27.9 Å². The van der Waals surface area contributed by atoms with Crippen molar-refractivity contribution in [2.24, 2.45) is 45.3 Å². The van der Waals surface area contributed by atoms with Gasteiger partial charge in [0, 0.05) is 15.9 Å². The van der Waals surface area contributed by atoms with Crippen molar-refractivity contribution in [3.63, 3.8) is 0 Å². The summed E-state index contributed by atoms with van der Waals surface area (Å²) >= 11 is 6.13. The molecule has 9 atom stereocenters. The molecule has 3 fully saturated rings. The van der Waals surface area contributed by atoms with Crippen molar-refractivity contribution in [1.29, 1.82) is 0 Å². The van der Waals surface area contributed by atoms with Gasteiger partial charge in [0.2, 0.25) is 0 Å². The smallest absolute Gasteiger partial charge is 0.168 e. The SMILES string of the molecule is C[C@H](CC[C@@H](O)C(C)(C)O)[C@H]1CC[C@@]2(C)[C@@H]3CC=C4[C@@H](C/C(=C\c5ccc(Cl)cc5)C(=O)C4(C)C)[C@]3(C)[C@H](O)C[C@]12C. The lowest BCUT2D eigenvalue weighted by atomic mass is 9.38. The summed E-state index contributed by atoms with van der Waals surface area (Å²) in [6.45, 7) is 17.0. The van der Waals surface area contributed by atoms with Crippen LogP contribution >= 0.6 is 11.6 Å². The maximum absolute atomic E-state index is 13.9. The largest absolute Gasteiger partial charge is 0.393 e. The molecule has 42 heavy (non-hydrogen) atoms. The predicted octanol–water partition coefficient (Wildman–Crippen LogP) is 8.03. The highest BCUT2D eigenvalue weighted by molar-refractivity contribution is 6.30. The lowest BCUT2D eigenvalue weighted by Crippen LogP contribution is -2.64. The van der Waals surface area contributed by atoms with Crippen LogP contribution in [0.3, 0.4) is 0 Å². The fraction of sp³-hybridized carbons (Fsp3) is 0.703. The lowest BCUT2D eigenvalue weighted by molar-refractivity contribution is -0.199. The molecule has 0 amide bonds. The van der Waals surface area contributed by atoms with Gasteiger partial charge < -0.3 is 15.3 Å². The number of benzene rings is 1. The van der Waals surface area contributed by atoms with Crippen LogP contribution in [-0.4, -0.2) is 38.9 Å². The molecule has 3 N–H and O–H groups in total. The molecule has 0 aliphatic heterocycles. The maximum Gasteiger partial charge on any atom is 0.168 e. The number of carbonyl (C=O) groups is 1. The van der Waals surface area contributed by atoms with Gasteiger partial charge >= 0.3 is 0 Å². The highest BCUT2D eigenvalue weighted by Gasteiger charge is 2.70. The molecule has 4 aliphatic rings. The van der Waals surface area contributed by atoms with Crippen LogP contribution < -0.4 is 0 Å². The average molecular weight is 597 g/mol. The van der Waals surface area contributed by atoms with E-state index in [4.69, 9.17) is 11.6 Å². The summed E-state index contributed by atoms with van der Waals surface area (Å²) in [5.74, 6) is 1.45. The molecular formula is C37H53ClO4. The van der Waals surface area contributed by atoms with Gasteiger partial charge in [0.15, 0.2) is 5.78 Å². The Morgan fingerprint density at radius 3 is 2.33 bits per heavy atom. The van der Waals surface area contributed by atoms with Crippen molar-refractivity contribution in [3.8, 4) is 0 Å². The summed E-state index contributed by atoms with van der Waals surface area (Å²) in [5, 5.41) is 33.8. The second-order valence-corrected chi connectivity index (χ2v) is 16.6. The fourth-order valence-corrected chi connectivity index (χ4v) is 10.5. The van der Waals surface area contributed by atoms with E-state index in [1.165, 1.54) is 5.57 Å². The number of hydrogen-bond donors (Lipinski definition) is 3. The van der Waals surface area contributed by atoms with Gasteiger partial charge in [-0.1, -0.05) is 63.1 Å². The van der Waals surface area contributed by atoms with Crippen molar-refractivity contribution in [2.75, 3.05) is 0 Å². The van der Waals surface area contributed by atoms with E-state index < -0.39 is 23.2 Å². The van der Waals surface area contributed by atoms with Crippen molar-refractivity contribution in [3.05, 3.63) is 52.1 Å². The molecule has 5 heteroatoms. The Morgan fingerprint density at radius 2 is 1.71 bits per heavy atom. The lowest BCUT2D eigenvalue weighted by Gasteiger charge is -2.67. The third-order valence-corrected chi connectivity index (χ3v) is 13.5. The Hall–Kier alpha value is -1.46. The summed E-state index contributed by atoms with van der Waals surface area (Å²) in [6.07, 6.45) is 9.23. The number of rotatable bonds is 6. The summed E-state index contributed by atoms with van der Waals surface area (Å²) in [7, 11) is 0. The first-order valence-corrected chi connectivity index (χ1v) is 16.5.